The molecule has 0 unspecified atom stereocenters. The number of amides is 4. The van der Waals surface area contributed by atoms with Crippen molar-refractivity contribution >= 4 is 17.8 Å². The molecule has 4 aliphatic rings. The van der Waals surface area contributed by atoms with E-state index in [0.717, 1.165) is 64.5 Å². The van der Waals surface area contributed by atoms with E-state index in [1.165, 1.54) is 4.90 Å². The summed E-state index contributed by atoms with van der Waals surface area (Å²) in [6.07, 6.45) is 7.22. The van der Waals surface area contributed by atoms with Crippen LogP contribution in [0.4, 0.5) is 4.79 Å². The first kappa shape index (κ1) is 20.6. The molecule has 0 aromatic heterocycles. The number of likely N-dealkylation sites (tertiary alicyclic amines) is 1. The normalized spacial score (nSPS) is 32.0. The van der Waals surface area contributed by atoms with Gasteiger partial charge in [-0.1, -0.05) is 20.8 Å². The van der Waals surface area contributed by atoms with E-state index in [1.807, 2.05) is 0 Å². The number of urea groups is 1. The topological polar surface area (TPSA) is 81.8 Å². The fourth-order valence-electron chi connectivity index (χ4n) is 5.20. The predicted octanol–water partition coefficient (Wildman–Crippen LogP) is 2.46. The van der Waals surface area contributed by atoms with Gasteiger partial charge in [0.1, 0.15) is 5.54 Å². The minimum atomic E-state index is -0.693. The number of rotatable bonds is 4. The Balaban J connectivity index is 1.29. The van der Waals surface area contributed by atoms with E-state index >= 15 is 0 Å². The van der Waals surface area contributed by atoms with Gasteiger partial charge in [0.25, 0.3) is 5.91 Å². The lowest BCUT2D eigenvalue weighted by Crippen LogP contribution is -2.51. The van der Waals surface area contributed by atoms with Crippen molar-refractivity contribution in [3.8, 4) is 0 Å². The molecule has 2 saturated heterocycles. The summed E-state index contributed by atoms with van der Waals surface area (Å²) in [4.78, 5) is 41.6. The Labute approximate surface area is 173 Å². The van der Waals surface area contributed by atoms with E-state index in [0.29, 0.717) is 18.6 Å². The molecule has 2 saturated carbocycles. The van der Waals surface area contributed by atoms with Crippen LogP contribution in [0.15, 0.2) is 0 Å². The van der Waals surface area contributed by atoms with Crippen LogP contribution in [-0.4, -0.2) is 59.0 Å². The van der Waals surface area contributed by atoms with Gasteiger partial charge in [-0.2, -0.15) is 0 Å². The van der Waals surface area contributed by atoms with Crippen molar-refractivity contribution in [2.75, 3.05) is 19.8 Å². The number of carbonyl (C=O) groups excluding carboxylic acids is 3. The molecule has 0 aromatic carbocycles. The molecular weight excluding hydrogens is 368 g/mol. The number of imide groups is 1. The molecule has 0 aromatic rings. The lowest BCUT2D eigenvalue weighted by molar-refractivity contribution is -0.135. The molecule has 0 bridgehead atoms. The maximum Gasteiger partial charge on any atom is 0.326 e. The van der Waals surface area contributed by atoms with Crippen molar-refractivity contribution in [1.29, 1.82) is 0 Å². The second-order valence-corrected chi connectivity index (χ2v) is 10.7. The Morgan fingerprint density at radius 2 is 1.69 bits per heavy atom. The Morgan fingerprint density at radius 3 is 2.24 bits per heavy atom. The average Bonchev–Trinajstić information content (AvgIpc) is 3.46. The zero-order valence-corrected chi connectivity index (χ0v) is 18.1. The van der Waals surface area contributed by atoms with Crippen LogP contribution < -0.4 is 10.6 Å². The van der Waals surface area contributed by atoms with Crippen molar-refractivity contribution in [3.63, 3.8) is 0 Å². The van der Waals surface area contributed by atoms with Gasteiger partial charge >= 0.3 is 6.03 Å². The van der Waals surface area contributed by atoms with Crippen molar-refractivity contribution in [2.24, 2.45) is 17.3 Å². The van der Waals surface area contributed by atoms with E-state index in [2.05, 4.69) is 36.3 Å². The van der Waals surface area contributed by atoms with E-state index in [-0.39, 0.29) is 29.2 Å². The van der Waals surface area contributed by atoms with Gasteiger partial charge in [-0.05, 0) is 62.7 Å². The SMILES string of the molecule is CC(C)(C)C1CCC2(CC1)NC(=O)N(CN1CCC(C(=O)NC3CC3)CC1)C2=O. The molecular formula is C22H36N4O3. The number of carbonyl (C=O) groups is 3. The number of nitrogens with zero attached hydrogens (tertiary/aromatic N) is 2. The fraction of sp³-hybridized carbons (Fsp3) is 0.864. The fourth-order valence-corrected chi connectivity index (χ4v) is 5.20. The maximum atomic E-state index is 13.2. The van der Waals surface area contributed by atoms with Crippen molar-refractivity contribution < 1.29 is 14.4 Å². The highest BCUT2D eigenvalue weighted by Gasteiger charge is 2.53. The van der Waals surface area contributed by atoms with E-state index in [9.17, 15) is 14.4 Å². The van der Waals surface area contributed by atoms with Crippen LogP contribution in [0.1, 0.15) is 72.1 Å². The second-order valence-electron chi connectivity index (χ2n) is 10.7. The summed E-state index contributed by atoms with van der Waals surface area (Å²) < 4.78 is 0. The largest absolute Gasteiger partial charge is 0.353 e. The molecule has 1 spiro atoms. The first-order chi connectivity index (χ1) is 13.7. The molecule has 2 aliphatic heterocycles. The molecule has 2 aliphatic carbocycles. The molecule has 29 heavy (non-hydrogen) atoms. The van der Waals surface area contributed by atoms with Gasteiger partial charge in [-0.3, -0.25) is 14.5 Å². The number of piperidine rings is 1. The molecule has 0 radical (unpaired) electrons. The lowest BCUT2D eigenvalue weighted by Gasteiger charge is -2.40. The van der Waals surface area contributed by atoms with Crippen LogP contribution in [0, 0.1) is 17.3 Å². The summed E-state index contributed by atoms with van der Waals surface area (Å²) in [6.45, 7) is 8.60. The summed E-state index contributed by atoms with van der Waals surface area (Å²) in [6, 6.07) is 0.147. The van der Waals surface area contributed by atoms with Crippen LogP contribution >= 0.6 is 0 Å². The average molecular weight is 405 g/mol. The lowest BCUT2D eigenvalue weighted by atomic mass is 9.67. The van der Waals surface area contributed by atoms with Crippen LogP contribution in [0.25, 0.3) is 0 Å². The third-order valence-electron chi connectivity index (χ3n) is 7.53. The third kappa shape index (κ3) is 4.30. The van der Waals surface area contributed by atoms with Gasteiger partial charge < -0.3 is 10.6 Å². The zero-order chi connectivity index (χ0) is 20.8. The van der Waals surface area contributed by atoms with Gasteiger partial charge in [-0.25, -0.2) is 9.69 Å². The predicted molar refractivity (Wildman–Crippen MR) is 110 cm³/mol. The van der Waals surface area contributed by atoms with E-state index < -0.39 is 5.54 Å². The first-order valence-corrected chi connectivity index (χ1v) is 11.3. The van der Waals surface area contributed by atoms with Gasteiger partial charge in [0.15, 0.2) is 0 Å². The number of hydrogen-bond acceptors (Lipinski definition) is 4. The smallest absolute Gasteiger partial charge is 0.326 e. The molecule has 2 N–H and O–H groups in total. The molecule has 7 heteroatoms. The third-order valence-corrected chi connectivity index (χ3v) is 7.53. The summed E-state index contributed by atoms with van der Waals surface area (Å²) in [5.41, 5.74) is -0.454. The van der Waals surface area contributed by atoms with E-state index in [4.69, 9.17) is 0 Å². The Bertz CT molecular complexity index is 666. The summed E-state index contributed by atoms with van der Waals surface area (Å²) in [5, 5.41) is 6.13. The monoisotopic (exact) mass is 404 g/mol. The van der Waals surface area contributed by atoms with Gasteiger partial charge in [0, 0.05) is 25.0 Å². The molecule has 4 fully saturated rings. The Morgan fingerprint density at radius 1 is 1.07 bits per heavy atom. The molecule has 162 valence electrons. The molecule has 2 heterocycles. The van der Waals surface area contributed by atoms with Crippen molar-refractivity contribution in [2.45, 2.75) is 83.7 Å². The molecule has 4 amide bonds. The van der Waals surface area contributed by atoms with Crippen LogP contribution in [-0.2, 0) is 9.59 Å². The second kappa shape index (κ2) is 7.56. The standard InChI is InChI=1S/C22H36N4O3/c1-21(2,3)16-6-10-22(11-7-16)19(28)26(20(29)24-22)14-25-12-8-15(9-13-25)18(27)23-17-4-5-17/h15-17H,4-14H2,1-3H3,(H,23,27)(H,24,29). The quantitative estimate of drug-likeness (QED) is 0.705. The number of hydrogen-bond donors (Lipinski definition) is 2. The maximum absolute atomic E-state index is 13.2. The highest BCUT2D eigenvalue weighted by atomic mass is 16.2. The Kier molecular flexibility index (Phi) is 5.38. The summed E-state index contributed by atoms with van der Waals surface area (Å²) in [7, 11) is 0. The minimum absolute atomic E-state index is 0.0524. The highest BCUT2D eigenvalue weighted by Crippen LogP contribution is 2.43. The van der Waals surface area contributed by atoms with Gasteiger partial charge in [-0.15, -0.1) is 0 Å². The Hall–Kier alpha value is -1.63. The molecule has 0 atom stereocenters. The highest BCUT2D eigenvalue weighted by molar-refractivity contribution is 6.07. The zero-order valence-electron chi connectivity index (χ0n) is 18.1. The summed E-state index contributed by atoms with van der Waals surface area (Å²) >= 11 is 0. The number of nitrogens with one attached hydrogen (secondary N) is 2. The van der Waals surface area contributed by atoms with Gasteiger partial charge in [0.2, 0.25) is 5.91 Å². The van der Waals surface area contributed by atoms with Gasteiger partial charge in [0.05, 0.1) is 6.67 Å². The molecule has 7 nitrogen and oxygen atoms in total. The van der Waals surface area contributed by atoms with Crippen molar-refractivity contribution in [1.82, 2.24) is 20.4 Å². The van der Waals surface area contributed by atoms with Crippen LogP contribution in [0.3, 0.4) is 0 Å². The van der Waals surface area contributed by atoms with Crippen molar-refractivity contribution in [3.05, 3.63) is 0 Å². The first-order valence-electron chi connectivity index (χ1n) is 11.3. The minimum Gasteiger partial charge on any atom is -0.353 e. The molecule has 4 rings (SSSR count). The summed E-state index contributed by atoms with van der Waals surface area (Å²) in [5.74, 6) is 0.779. The van der Waals surface area contributed by atoms with Crippen LogP contribution in [0.5, 0.6) is 0 Å². The van der Waals surface area contributed by atoms with E-state index in [1.54, 1.807) is 0 Å². The van der Waals surface area contributed by atoms with Crippen LogP contribution in [0.2, 0.25) is 0 Å².